The molecular formula is C29H31F3N8OS. The van der Waals surface area contributed by atoms with Crippen LogP contribution in [0.2, 0.25) is 0 Å². The van der Waals surface area contributed by atoms with E-state index in [1.54, 1.807) is 6.07 Å². The number of nitriles is 1. The molecule has 3 unspecified atom stereocenters. The number of thiophene rings is 1. The summed E-state index contributed by atoms with van der Waals surface area (Å²) in [5.74, 6) is 0.538. The topological polar surface area (TPSA) is 113 Å². The van der Waals surface area contributed by atoms with Gasteiger partial charge in [-0.2, -0.15) is 18.4 Å². The highest BCUT2D eigenvalue weighted by atomic mass is 32.1. The van der Waals surface area contributed by atoms with Crippen LogP contribution < -0.4 is 10.6 Å². The van der Waals surface area contributed by atoms with E-state index in [1.165, 1.54) is 6.33 Å². The summed E-state index contributed by atoms with van der Waals surface area (Å²) in [5, 5.41) is 18.1. The number of nitrogens with one attached hydrogen (secondary N) is 3. The monoisotopic (exact) mass is 596 g/mol. The average molecular weight is 597 g/mol. The normalized spacial score (nSPS) is 21.7. The maximum Gasteiger partial charge on any atom is 0.393 e. The van der Waals surface area contributed by atoms with Crippen LogP contribution in [0, 0.1) is 11.3 Å². The fraction of sp³-hybridized carbons (Fsp3) is 0.448. The molecule has 5 heterocycles. The van der Waals surface area contributed by atoms with Crippen LogP contribution in [-0.2, 0) is 17.8 Å². The first-order valence-electron chi connectivity index (χ1n) is 14.0. The summed E-state index contributed by atoms with van der Waals surface area (Å²) < 4.78 is 39.2. The van der Waals surface area contributed by atoms with Crippen LogP contribution in [0.25, 0.3) is 21.1 Å². The van der Waals surface area contributed by atoms with Crippen molar-refractivity contribution in [2.45, 2.75) is 56.5 Å². The van der Waals surface area contributed by atoms with Gasteiger partial charge in [-0.3, -0.25) is 9.69 Å². The van der Waals surface area contributed by atoms with Crippen molar-refractivity contribution in [3.63, 3.8) is 0 Å². The van der Waals surface area contributed by atoms with E-state index in [1.807, 2.05) is 17.0 Å². The molecule has 220 valence electrons. The molecule has 0 aliphatic carbocycles. The number of fused-ring (bicyclic) bond motifs is 2. The summed E-state index contributed by atoms with van der Waals surface area (Å²) >= 11 is 1.04. The first-order valence-corrected chi connectivity index (χ1v) is 14.8. The lowest BCUT2D eigenvalue weighted by molar-refractivity contribution is -0.126. The molecule has 42 heavy (non-hydrogen) atoms. The Balaban J connectivity index is 1.20. The fourth-order valence-electron chi connectivity index (χ4n) is 6.13. The van der Waals surface area contributed by atoms with E-state index in [0.29, 0.717) is 28.3 Å². The van der Waals surface area contributed by atoms with Gasteiger partial charge in [0.1, 0.15) is 28.7 Å². The lowest BCUT2D eigenvalue weighted by Gasteiger charge is -2.40. The van der Waals surface area contributed by atoms with E-state index >= 15 is 0 Å². The van der Waals surface area contributed by atoms with Crippen molar-refractivity contribution in [3.8, 4) is 6.07 Å². The summed E-state index contributed by atoms with van der Waals surface area (Å²) in [6.07, 6.45) is -0.244. The third-order valence-electron chi connectivity index (χ3n) is 8.16. The minimum absolute atomic E-state index is 0.00679. The van der Waals surface area contributed by atoms with Gasteiger partial charge in [0, 0.05) is 66.6 Å². The Bertz CT molecular complexity index is 1610. The van der Waals surface area contributed by atoms with Gasteiger partial charge in [0.25, 0.3) is 0 Å². The lowest BCUT2D eigenvalue weighted by Crippen LogP contribution is -2.57. The largest absolute Gasteiger partial charge is 0.393 e. The number of likely N-dealkylation sites (tertiary alicyclic amines) is 2. The van der Waals surface area contributed by atoms with E-state index in [2.05, 4.69) is 48.7 Å². The average Bonchev–Trinajstić information content (AvgIpc) is 3.69. The highest BCUT2D eigenvalue weighted by Gasteiger charge is 2.33. The molecule has 9 nitrogen and oxygen atoms in total. The molecule has 3 atom stereocenters. The van der Waals surface area contributed by atoms with Crippen LogP contribution in [-0.4, -0.2) is 81.6 Å². The van der Waals surface area contributed by atoms with Crippen LogP contribution in [0.5, 0.6) is 0 Å². The number of alkyl halides is 3. The Kier molecular flexibility index (Phi) is 8.02. The van der Waals surface area contributed by atoms with Gasteiger partial charge in [-0.05, 0) is 49.1 Å². The number of carbonyl (C=O) groups excluding carboxylic acids is 1. The smallest absolute Gasteiger partial charge is 0.365 e. The van der Waals surface area contributed by atoms with Crippen LogP contribution in [0.4, 0.5) is 19.0 Å². The van der Waals surface area contributed by atoms with E-state index in [9.17, 15) is 23.2 Å². The molecule has 1 aromatic carbocycles. The Morgan fingerprint density at radius 3 is 2.86 bits per heavy atom. The summed E-state index contributed by atoms with van der Waals surface area (Å²) in [6, 6.07) is 11.8. The molecule has 0 radical (unpaired) electrons. The van der Waals surface area contributed by atoms with Crippen molar-refractivity contribution < 1.29 is 18.0 Å². The zero-order chi connectivity index (χ0) is 29.3. The second kappa shape index (κ2) is 11.9. The third-order valence-corrected chi connectivity index (χ3v) is 9.20. The number of hydrogen-bond donors (Lipinski definition) is 3. The van der Waals surface area contributed by atoms with Crippen molar-refractivity contribution >= 4 is 44.7 Å². The minimum Gasteiger partial charge on any atom is -0.365 e. The number of H-pyrrole nitrogens is 1. The molecule has 4 aromatic rings. The summed E-state index contributed by atoms with van der Waals surface area (Å²) in [6.45, 7) is 3.71. The predicted octanol–water partition coefficient (Wildman–Crippen LogP) is 4.41. The van der Waals surface area contributed by atoms with Gasteiger partial charge in [-0.15, -0.1) is 11.3 Å². The van der Waals surface area contributed by atoms with E-state index < -0.39 is 12.6 Å². The number of rotatable bonds is 9. The maximum absolute atomic E-state index is 13.1. The number of anilines is 1. The molecule has 13 heteroatoms. The summed E-state index contributed by atoms with van der Waals surface area (Å²) in [5.41, 5.74) is 2.61. The SMILES string of the molecule is N#Cc1cc2cc(CN3CCC(Nc4ncnc5sc(CC(F)(F)F)cc45)C(NCC4CCCN4C=O)C3)ccc2[nH]1. The first-order chi connectivity index (χ1) is 20.3. The Morgan fingerprint density at radius 1 is 1.17 bits per heavy atom. The number of carbonyl (C=O) groups is 1. The van der Waals surface area contributed by atoms with Crippen LogP contribution in [0.1, 0.15) is 35.4 Å². The second-order valence-corrected chi connectivity index (χ2v) is 12.2. The number of piperidine rings is 1. The molecule has 2 aliphatic rings. The zero-order valence-electron chi connectivity index (χ0n) is 22.8. The molecule has 1 amide bonds. The number of amides is 1. The Labute approximate surface area is 244 Å². The molecule has 6 rings (SSSR count). The van der Waals surface area contributed by atoms with Gasteiger partial charge in [0.05, 0.1) is 11.8 Å². The number of hydrogen-bond acceptors (Lipinski definition) is 8. The Hall–Kier alpha value is -3.73. The molecule has 2 saturated heterocycles. The van der Waals surface area contributed by atoms with Gasteiger partial charge >= 0.3 is 6.18 Å². The molecule has 3 N–H and O–H groups in total. The van der Waals surface area contributed by atoms with Gasteiger partial charge in [-0.25, -0.2) is 9.97 Å². The van der Waals surface area contributed by atoms with Gasteiger partial charge in [0.2, 0.25) is 6.41 Å². The summed E-state index contributed by atoms with van der Waals surface area (Å²) in [4.78, 5) is 28.2. The molecule has 0 bridgehead atoms. The number of halogens is 3. The quantitative estimate of drug-likeness (QED) is 0.245. The lowest BCUT2D eigenvalue weighted by atomic mass is 9.97. The van der Waals surface area contributed by atoms with Crippen molar-refractivity contribution in [2.24, 2.45) is 0 Å². The van der Waals surface area contributed by atoms with Gasteiger partial charge < -0.3 is 20.5 Å². The molecule has 0 spiro atoms. The van der Waals surface area contributed by atoms with Crippen LogP contribution in [0.3, 0.4) is 0 Å². The molecule has 3 aromatic heterocycles. The predicted molar refractivity (Wildman–Crippen MR) is 155 cm³/mol. The van der Waals surface area contributed by atoms with Crippen molar-refractivity contribution in [2.75, 3.05) is 31.5 Å². The van der Waals surface area contributed by atoms with Gasteiger partial charge in [-0.1, -0.05) is 6.07 Å². The highest BCUT2D eigenvalue weighted by Crippen LogP contribution is 2.33. The summed E-state index contributed by atoms with van der Waals surface area (Å²) in [7, 11) is 0. The maximum atomic E-state index is 13.1. The minimum atomic E-state index is -4.29. The fourth-order valence-corrected chi connectivity index (χ4v) is 7.15. The van der Waals surface area contributed by atoms with E-state index in [-0.39, 0.29) is 23.0 Å². The molecule has 2 fully saturated rings. The van der Waals surface area contributed by atoms with Crippen LogP contribution >= 0.6 is 11.3 Å². The highest BCUT2D eigenvalue weighted by molar-refractivity contribution is 7.18. The first kappa shape index (κ1) is 28.4. The van der Waals surface area contributed by atoms with Crippen molar-refractivity contribution in [1.29, 1.82) is 5.26 Å². The van der Waals surface area contributed by atoms with Crippen molar-refractivity contribution in [3.05, 3.63) is 52.8 Å². The molecular weight excluding hydrogens is 565 g/mol. The number of aromatic amines is 1. The number of aromatic nitrogens is 3. The molecule has 2 aliphatic heterocycles. The number of nitrogens with zero attached hydrogens (tertiary/aromatic N) is 5. The standard InChI is InChI=1S/C29H31F3N8OS/c30-29(31,32)11-22-10-23-27(35-16-36-28(23)42-22)38-25-5-7-39(15-26(25)34-13-21-2-1-6-40(21)17-41)14-18-3-4-24-19(8-18)9-20(12-33)37-24/h3-4,8-10,16-17,21,25-26,34,37H,1-2,5-7,11,13-15H2,(H,35,36,38). The third kappa shape index (κ3) is 6.35. The Morgan fingerprint density at radius 2 is 2.05 bits per heavy atom. The molecule has 0 saturated carbocycles. The van der Waals surface area contributed by atoms with E-state index in [0.717, 1.165) is 79.7 Å². The number of benzene rings is 1. The van der Waals surface area contributed by atoms with Gasteiger partial charge in [0.15, 0.2) is 0 Å². The van der Waals surface area contributed by atoms with E-state index in [4.69, 9.17) is 0 Å². The zero-order valence-corrected chi connectivity index (χ0v) is 23.6. The second-order valence-electron chi connectivity index (χ2n) is 11.1. The van der Waals surface area contributed by atoms with Crippen molar-refractivity contribution in [1.82, 2.24) is 30.1 Å². The van der Waals surface area contributed by atoms with Crippen LogP contribution in [0.15, 0.2) is 36.7 Å².